The van der Waals surface area contributed by atoms with E-state index in [0.717, 1.165) is 35.6 Å². The van der Waals surface area contributed by atoms with Gasteiger partial charge in [0.15, 0.2) is 0 Å². The molecule has 1 aromatic carbocycles. The van der Waals surface area contributed by atoms with Crippen LogP contribution in [-0.4, -0.2) is 16.7 Å². The molecular formula is C15H21ClN2O. The third-order valence-corrected chi connectivity index (χ3v) is 3.52. The first-order valence-corrected chi connectivity index (χ1v) is 7.29. The van der Waals surface area contributed by atoms with Gasteiger partial charge < -0.3 is 9.30 Å². The SMILES string of the molecule is CCCCCn1c(C(C)Cl)nc2ccc(OC)cc21. The van der Waals surface area contributed by atoms with Crippen LogP contribution in [0.4, 0.5) is 0 Å². The molecule has 0 radical (unpaired) electrons. The summed E-state index contributed by atoms with van der Waals surface area (Å²) in [6, 6.07) is 5.97. The Labute approximate surface area is 119 Å². The van der Waals surface area contributed by atoms with Gasteiger partial charge in [-0.05, 0) is 25.5 Å². The number of halogens is 1. The summed E-state index contributed by atoms with van der Waals surface area (Å²) in [5, 5.41) is -0.0833. The van der Waals surface area contributed by atoms with E-state index in [1.54, 1.807) is 7.11 Å². The summed E-state index contributed by atoms with van der Waals surface area (Å²) in [6.07, 6.45) is 3.58. The van der Waals surface area contributed by atoms with Crippen molar-refractivity contribution in [1.29, 1.82) is 0 Å². The normalized spacial score (nSPS) is 12.8. The topological polar surface area (TPSA) is 27.1 Å². The van der Waals surface area contributed by atoms with E-state index in [4.69, 9.17) is 16.3 Å². The van der Waals surface area contributed by atoms with Crippen LogP contribution in [-0.2, 0) is 6.54 Å². The van der Waals surface area contributed by atoms with Crippen LogP contribution in [0.15, 0.2) is 18.2 Å². The zero-order valence-electron chi connectivity index (χ0n) is 11.8. The molecule has 2 rings (SSSR count). The average Bonchev–Trinajstić information content (AvgIpc) is 2.77. The summed E-state index contributed by atoms with van der Waals surface area (Å²) in [6.45, 7) is 5.14. The molecule has 1 atom stereocenters. The smallest absolute Gasteiger partial charge is 0.127 e. The molecule has 0 saturated carbocycles. The highest BCUT2D eigenvalue weighted by Crippen LogP contribution is 2.27. The van der Waals surface area contributed by atoms with Crippen molar-refractivity contribution in [3.05, 3.63) is 24.0 Å². The largest absolute Gasteiger partial charge is 0.497 e. The van der Waals surface area contributed by atoms with Crippen molar-refractivity contribution in [2.75, 3.05) is 7.11 Å². The lowest BCUT2D eigenvalue weighted by atomic mass is 10.2. The lowest BCUT2D eigenvalue weighted by molar-refractivity contribution is 0.415. The first kappa shape index (κ1) is 14.2. The predicted molar refractivity (Wildman–Crippen MR) is 80.1 cm³/mol. The number of benzene rings is 1. The van der Waals surface area contributed by atoms with Crippen molar-refractivity contribution in [2.24, 2.45) is 0 Å². The highest BCUT2D eigenvalue weighted by molar-refractivity contribution is 6.20. The van der Waals surface area contributed by atoms with E-state index in [0.29, 0.717) is 0 Å². The first-order valence-electron chi connectivity index (χ1n) is 6.85. The van der Waals surface area contributed by atoms with E-state index in [2.05, 4.69) is 16.5 Å². The number of hydrogen-bond acceptors (Lipinski definition) is 2. The highest BCUT2D eigenvalue weighted by Gasteiger charge is 2.15. The maximum atomic E-state index is 6.25. The second-order valence-electron chi connectivity index (χ2n) is 4.80. The molecule has 1 heterocycles. The van der Waals surface area contributed by atoms with E-state index >= 15 is 0 Å². The fourth-order valence-electron chi connectivity index (χ4n) is 2.31. The molecule has 0 aliphatic rings. The Morgan fingerprint density at radius 3 is 2.79 bits per heavy atom. The molecule has 0 aliphatic carbocycles. The van der Waals surface area contributed by atoms with Crippen LogP contribution in [0.5, 0.6) is 5.75 Å². The van der Waals surface area contributed by atoms with Crippen molar-refractivity contribution < 1.29 is 4.74 Å². The Bertz CT molecular complexity index is 548. The molecule has 0 amide bonds. The number of rotatable bonds is 6. The maximum absolute atomic E-state index is 6.25. The number of hydrogen-bond donors (Lipinski definition) is 0. The number of aromatic nitrogens is 2. The fourth-order valence-corrected chi connectivity index (χ4v) is 2.47. The van der Waals surface area contributed by atoms with Crippen LogP contribution in [0.25, 0.3) is 11.0 Å². The van der Waals surface area contributed by atoms with Crippen LogP contribution >= 0.6 is 11.6 Å². The van der Waals surface area contributed by atoms with E-state index in [1.165, 1.54) is 12.8 Å². The summed E-state index contributed by atoms with van der Waals surface area (Å²) in [5.41, 5.74) is 2.10. The molecule has 104 valence electrons. The molecule has 3 nitrogen and oxygen atoms in total. The number of alkyl halides is 1. The van der Waals surface area contributed by atoms with Crippen LogP contribution < -0.4 is 4.74 Å². The number of fused-ring (bicyclic) bond motifs is 1. The zero-order valence-corrected chi connectivity index (χ0v) is 12.6. The van der Waals surface area contributed by atoms with Crippen LogP contribution in [0.3, 0.4) is 0 Å². The summed E-state index contributed by atoms with van der Waals surface area (Å²) in [7, 11) is 1.68. The monoisotopic (exact) mass is 280 g/mol. The van der Waals surface area contributed by atoms with Crippen molar-refractivity contribution in [2.45, 2.75) is 45.0 Å². The predicted octanol–water partition coefficient (Wildman–Crippen LogP) is 4.53. The minimum Gasteiger partial charge on any atom is -0.497 e. The third-order valence-electron chi connectivity index (χ3n) is 3.33. The van der Waals surface area contributed by atoms with Gasteiger partial charge in [0.2, 0.25) is 0 Å². The van der Waals surface area contributed by atoms with Gasteiger partial charge in [0, 0.05) is 12.6 Å². The van der Waals surface area contributed by atoms with Crippen molar-refractivity contribution in [1.82, 2.24) is 9.55 Å². The number of nitrogens with zero attached hydrogens (tertiary/aromatic N) is 2. The Morgan fingerprint density at radius 2 is 2.16 bits per heavy atom. The number of imidazole rings is 1. The van der Waals surface area contributed by atoms with E-state index in [9.17, 15) is 0 Å². The van der Waals surface area contributed by atoms with Gasteiger partial charge in [-0.3, -0.25) is 0 Å². The average molecular weight is 281 g/mol. The molecule has 0 aliphatic heterocycles. The highest BCUT2D eigenvalue weighted by atomic mass is 35.5. The minimum absolute atomic E-state index is 0.0833. The summed E-state index contributed by atoms with van der Waals surface area (Å²) in [5.74, 6) is 1.80. The van der Waals surface area contributed by atoms with Gasteiger partial charge in [0.25, 0.3) is 0 Å². The number of unbranched alkanes of at least 4 members (excludes halogenated alkanes) is 2. The Hall–Kier alpha value is -1.22. The summed E-state index contributed by atoms with van der Waals surface area (Å²) >= 11 is 6.25. The molecule has 4 heteroatoms. The maximum Gasteiger partial charge on any atom is 0.127 e. The van der Waals surface area contributed by atoms with Crippen LogP contribution in [0.2, 0.25) is 0 Å². The zero-order chi connectivity index (χ0) is 13.8. The van der Waals surface area contributed by atoms with Crippen molar-refractivity contribution in [3.63, 3.8) is 0 Å². The second-order valence-corrected chi connectivity index (χ2v) is 5.45. The van der Waals surface area contributed by atoms with Gasteiger partial charge in [-0.2, -0.15) is 0 Å². The molecule has 0 bridgehead atoms. The molecule has 0 saturated heterocycles. The third kappa shape index (κ3) is 3.03. The van der Waals surface area contributed by atoms with Crippen LogP contribution in [0, 0.1) is 0 Å². The molecule has 0 spiro atoms. The summed E-state index contributed by atoms with van der Waals surface area (Å²) < 4.78 is 7.53. The van der Waals surface area contributed by atoms with Gasteiger partial charge in [0.1, 0.15) is 11.6 Å². The summed E-state index contributed by atoms with van der Waals surface area (Å²) in [4.78, 5) is 4.64. The Balaban J connectivity index is 2.44. The fraction of sp³-hybridized carbons (Fsp3) is 0.533. The molecule has 2 aromatic rings. The van der Waals surface area contributed by atoms with Crippen molar-refractivity contribution in [3.8, 4) is 5.75 Å². The molecule has 19 heavy (non-hydrogen) atoms. The van der Waals surface area contributed by atoms with E-state index in [-0.39, 0.29) is 5.38 Å². The first-order chi connectivity index (χ1) is 9.17. The number of ether oxygens (including phenoxy) is 1. The lowest BCUT2D eigenvalue weighted by Crippen LogP contribution is -2.04. The molecule has 1 aromatic heterocycles. The van der Waals surface area contributed by atoms with E-state index in [1.807, 2.05) is 25.1 Å². The molecule has 0 fully saturated rings. The number of aryl methyl sites for hydroxylation is 1. The van der Waals surface area contributed by atoms with Crippen LogP contribution in [0.1, 0.15) is 44.3 Å². The van der Waals surface area contributed by atoms with Gasteiger partial charge in [-0.1, -0.05) is 19.8 Å². The molecular weight excluding hydrogens is 260 g/mol. The van der Waals surface area contributed by atoms with Gasteiger partial charge in [-0.15, -0.1) is 11.6 Å². The van der Waals surface area contributed by atoms with Gasteiger partial charge in [-0.25, -0.2) is 4.98 Å². The molecule has 1 unspecified atom stereocenters. The van der Waals surface area contributed by atoms with E-state index < -0.39 is 0 Å². The standard InChI is InChI=1S/C15H21ClN2O/c1-4-5-6-9-18-14-10-12(19-3)7-8-13(14)17-15(18)11(2)16/h7-8,10-11H,4-6,9H2,1-3H3. The van der Waals surface area contributed by atoms with Gasteiger partial charge >= 0.3 is 0 Å². The number of methoxy groups -OCH3 is 1. The Morgan fingerprint density at radius 1 is 1.37 bits per heavy atom. The lowest BCUT2D eigenvalue weighted by Gasteiger charge is -2.10. The molecule has 0 N–H and O–H groups in total. The van der Waals surface area contributed by atoms with Crippen molar-refractivity contribution >= 4 is 22.6 Å². The van der Waals surface area contributed by atoms with Gasteiger partial charge in [0.05, 0.1) is 23.5 Å². The minimum atomic E-state index is -0.0833. The second kappa shape index (κ2) is 6.29. The Kier molecular flexibility index (Phi) is 4.70. The quantitative estimate of drug-likeness (QED) is 0.574.